The summed E-state index contributed by atoms with van der Waals surface area (Å²) in [6, 6.07) is 2.85. The lowest BCUT2D eigenvalue weighted by Gasteiger charge is -2.27. The average molecular weight is 324 g/mol. The number of piperidine rings is 1. The fraction of sp³-hybridized carbons (Fsp3) is 0.571. The van der Waals surface area contributed by atoms with Crippen molar-refractivity contribution in [3.05, 3.63) is 35.3 Å². The summed E-state index contributed by atoms with van der Waals surface area (Å²) in [7, 11) is 0. The molecule has 1 fully saturated rings. The van der Waals surface area contributed by atoms with Crippen LogP contribution in [0.15, 0.2) is 29.7 Å². The largest absolute Gasteiger partial charge is 0.619 e. The van der Waals surface area contributed by atoms with Gasteiger partial charge in [-0.25, -0.2) is 0 Å². The Kier molecular flexibility index (Phi) is 2.82. The van der Waals surface area contributed by atoms with Gasteiger partial charge in [-0.15, -0.1) is 0 Å². The molecule has 2 rings (SSSR count). The van der Waals surface area contributed by atoms with E-state index >= 15 is 0 Å². The van der Waals surface area contributed by atoms with Crippen molar-refractivity contribution in [1.29, 1.82) is 0 Å². The van der Waals surface area contributed by atoms with Gasteiger partial charge in [-0.1, -0.05) is 23.1 Å². The average Bonchev–Trinajstić information content (AvgIpc) is 2.64. The number of halogens is 1. The molecule has 0 radical (unpaired) electrons. The molecule has 0 saturated carbocycles. The molecule has 1 N–H and O–H groups in total. The number of nitrogens with zero attached hydrogens (tertiary/aromatic N) is 3. The first-order valence-corrected chi connectivity index (χ1v) is 6.29. The Morgan fingerprint density at radius 3 is 3.05 bits per heavy atom. The van der Waals surface area contributed by atoms with Crippen LogP contribution < -0.4 is 4.73 Å². The fourth-order valence-electron chi connectivity index (χ4n) is 1.41. The highest BCUT2D eigenvalue weighted by Crippen LogP contribution is 2.09. The molecule has 0 bridgehead atoms. The van der Waals surface area contributed by atoms with Gasteiger partial charge in [-0.05, 0) is 31.8 Å². The number of hydrogen-bond acceptors (Lipinski definition) is 5. The number of β-amino-alcohol motifs (C(OH)–C–C–N with tert-alkyl or cyclic N) is 1. The molecule has 0 aromatic carbocycles. The van der Waals surface area contributed by atoms with Crippen LogP contribution in [-0.4, -0.2) is 47.4 Å². The molecule has 1 aliphatic heterocycles. The van der Waals surface area contributed by atoms with Crippen molar-refractivity contribution in [2.24, 2.45) is 5.16 Å². The van der Waals surface area contributed by atoms with Gasteiger partial charge in [0.25, 0.3) is 0 Å². The van der Waals surface area contributed by atoms with E-state index in [-0.39, 0.29) is 15.6 Å². The zero-order valence-corrected chi connectivity index (χ0v) is 11.5. The minimum atomic E-state index is -3.53. The van der Waals surface area contributed by atoms with Crippen molar-refractivity contribution in [2.75, 3.05) is 26.1 Å². The zero-order valence-electron chi connectivity index (χ0n) is 20.8. The lowest BCUT2D eigenvalue weighted by molar-refractivity contribution is -0.605. The van der Waals surface area contributed by atoms with Gasteiger partial charge < -0.3 is 20.1 Å². The highest BCUT2D eigenvalue weighted by Gasteiger charge is 2.15. The van der Waals surface area contributed by atoms with Gasteiger partial charge in [0.05, 0.1) is 5.56 Å². The van der Waals surface area contributed by atoms with E-state index in [0.717, 1.165) is 6.20 Å². The molecule has 1 saturated heterocycles. The molecule has 21 heavy (non-hydrogen) atoms. The number of likely N-dealkylation sites (tertiary alicyclic amines) is 1. The third kappa shape index (κ3) is 5.49. The number of rotatable bonds is 6. The Morgan fingerprint density at radius 1 is 1.57 bits per heavy atom. The maximum absolute atomic E-state index is 11.2. The molecule has 0 spiro atoms. The fourth-order valence-corrected chi connectivity index (χ4v) is 1.57. The molecular formula is C14H20ClN3O3. The molecule has 116 valence electrons. The number of oxime groups is 1. The van der Waals surface area contributed by atoms with Crippen LogP contribution in [-0.2, 0) is 4.84 Å². The van der Waals surface area contributed by atoms with Crippen molar-refractivity contribution < 1.29 is 28.4 Å². The van der Waals surface area contributed by atoms with E-state index in [1.807, 2.05) is 0 Å². The predicted octanol–water partition coefficient (Wildman–Crippen LogP) is 1.08. The van der Waals surface area contributed by atoms with Crippen molar-refractivity contribution >= 4 is 16.8 Å². The molecule has 1 aromatic rings. The van der Waals surface area contributed by atoms with Gasteiger partial charge in [0, 0.05) is 26.3 Å². The molecule has 0 amide bonds. The van der Waals surface area contributed by atoms with Gasteiger partial charge >= 0.3 is 0 Å². The van der Waals surface area contributed by atoms with Gasteiger partial charge in [0.2, 0.25) is 0 Å². The monoisotopic (exact) mass is 323 g/mol. The van der Waals surface area contributed by atoms with Gasteiger partial charge in [0.15, 0.2) is 17.6 Å². The molecule has 2 heterocycles. The smallest absolute Gasteiger partial charge is 0.190 e. The molecule has 6 nitrogen and oxygen atoms in total. The summed E-state index contributed by atoms with van der Waals surface area (Å²) < 4.78 is 79.2. The van der Waals surface area contributed by atoms with E-state index in [2.05, 4.69) is 5.16 Å². The molecular weight excluding hydrogens is 294 g/mol. The van der Waals surface area contributed by atoms with Crippen LogP contribution in [0, 0.1) is 5.21 Å². The number of aromatic nitrogens is 1. The van der Waals surface area contributed by atoms with Gasteiger partial charge in [-0.2, -0.15) is 4.73 Å². The lowest BCUT2D eigenvalue weighted by atomic mass is 10.1. The molecule has 1 unspecified atom stereocenters. The number of aliphatic hydroxyl groups excluding tert-OH is 1. The summed E-state index contributed by atoms with van der Waals surface area (Å²) in [6.07, 6.45) is -9.86. The highest BCUT2D eigenvalue weighted by atomic mass is 35.5. The SMILES string of the molecule is [2H]C1([2H])N(CC(O)CO/N=C(\Cl)c2ccc[n+]([O-])c2)C([2H])([2H])C([2H])([2H])C([2H])([2H])C1([2H])[2H]. The molecule has 1 aromatic heterocycles. The lowest BCUT2D eigenvalue weighted by Crippen LogP contribution is -2.38. The second kappa shape index (κ2) is 8.17. The summed E-state index contributed by atoms with van der Waals surface area (Å²) in [5, 5.41) is 24.6. The highest BCUT2D eigenvalue weighted by molar-refractivity contribution is 6.69. The van der Waals surface area contributed by atoms with E-state index in [9.17, 15) is 10.3 Å². The maximum atomic E-state index is 11.2. The minimum Gasteiger partial charge on any atom is -0.619 e. The Bertz CT molecular complexity index is 825. The van der Waals surface area contributed by atoms with Crippen LogP contribution in [0.1, 0.15) is 38.4 Å². The number of pyridine rings is 1. The van der Waals surface area contributed by atoms with Crippen molar-refractivity contribution in [3.63, 3.8) is 0 Å². The quantitative estimate of drug-likeness (QED) is 0.368. The normalized spacial score (nSPS) is 37.5. The Labute approximate surface area is 143 Å². The van der Waals surface area contributed by atoms with Crippen LogP contribution in [0.3, 0.4) is 0 Å². The molecule has 1 atom stereocenters. The Morgan fingerprint density at radius 2 is 2.33 bits per heavy atom. The second-order valence-corrected chi connectivity index (χ2v) is 4.35. The summed E-state index contributed by atoms with van der Waals surface area (Å²) in [4.78, 5) is 4.93. The molecule has 7 heteroatoms. The van der Waals surface area contributed by atoms with E-state index in [1.165, 1.54) is 18.3 Å². The zero-order chi connectivity index (χ0) is 24.0. The minimum absolute atomic E-state index is 0.0955. The van der Waals surface area contributed by atoms with E-state index in [1.54, 1.807) is 0 Å². The Balaban J connectivity index is 2.19. The van der Waals surface area contributed by atoms with Crippen molar-refractivity contribution in [2.45, 2.75) is 25.2 Å². The maximum Gasteiger partial charge on any atom is 0.190 e. The topological polar surface area (TPSA) is 72.0 Å². The third-order valence-corrected chi connectivity index (χ3v) is 2.61. The first-order valence-electron chi connectivity index (χ1n) is 10.9. The summed E-state index contributed by atoms with van der Waals surface area (Å²) in [5.74, 6) is 0. The van der Waals surface area contributed by atoms with Gasteiger partial charge in [-0.3, -0.25) is 0 Å². The number of hydrogen-bond donors (Lipinski definition) is 1. The standard InChI is InChI=1S/C14H20ClN3O3/c15-14(12-5-4-8-18(20)9-12)16-21-11-13(19)10-17-6-2-1-3-7-17/h4-5,8-9,13,19H,1-3,6-7,10-11H2/b16-14-/i1D2,2D2,3D2,6D2,7D2. The second-order valence-electron chi connectivity index (χ2n) is 3.99. The van der Waals surface area contributed by atoms with Crippen LogP contribution in [0.2, 0.25) is 0 Å². The first-order chi connectivity index (χ1) is 13.9. The molecule has 1 aliphatic rings. The third-order valence-electron chi connectivity index (χ3n) is 2.32. The van der Waals surface area contributed by atoms with Crippen LogP contribution in [0.25, 0.3) is 0 Å². The summed E-state index contributed by atoms with van der Waals surface area (Å²) >= 11 is 5.87. The van der Waals surface area contributed by atoms with Crippen LogP contribution in [0.4, 0.5) is 0 Å². The van der Waals surface area contributed by atoms with E-state index < -0.39 is 51.4 Å². The van der Waals surface area contributed by atoms with E-state index in [4.69, 9.17) is 30.1 Å². The van der Waals surface area contributed by atoms with Crippen LogP contribution >= 0.6 is 11.6 Å². The van der Waals surface area contributed by atoms with Crippen molar-refractivity contribution in [1.82, 2.24) is 4.90 Å². The van der Waals surface area contributed by atoms with Crippen LogP contribution in [0.5, 0.6) is 0 Å². The Hall–Kier alpha value is -1.37. The number of aliphatic hydroxyl groups is 1. The first kappa shape index (κ1) is 7.26. The van der Waals surface area contributed by atoms with E-state index in [0.29, 0.717) is 4.73 Å². The predicted molar refractivity (Wildman–Crippen MR) is 80.0 cm³/mol. The molecule has 0 aliphatic carbocycles. The summed E-state index contributed by atoms with van der Waals surface area (Å²) in [6.45, 7) is -8.28. The van der Waals surface area contributed by atoms with Gasteiger partial charge in [0.1, 0.15) is 12.7 Å². The summed E-state index contributed by atoms with van der Waals surface area (Å²) in [5.41, 5.74) is 0.195. The van der Waals surface area contributed by atoms with Crippen molar-refractivity contribution in [3.8, 4) is 0 Å².